The molecule has 1 aromatic carbocycles. The molecule has 0 saturated carbocycles. The topological polar surface area (TPSA) is 89.9 Å². The van der Waals surface area contributed by atoms with Gasteiger partial charge in [-0.1, -0.05) is 23.7 Å². The second kappa shape index (κ2) is 5.71. The predicted molar refractivity (Wildman–Crippen MR) is 80.1 cm³/mol. The van der Waals surface area contributed by atoms with Gasteiger partial charge in [0.15, 0.2) is 5.11 Å². The number of nitrogens with zero attached hydrogens (tertiary/aromatic N) is 1. The molecule has 0 radical (unpaired) electrons. The number of aliphatic carboxylic acids is 1. The fourth-order valence-corrected chi connectivity index (χ4v) is 2.74. The van der Waals surface area contributed by atoms with Gasteiger partial charge in [-0.05, 0) is 36.8 Å². The van der Waals surface area contributed by atoms with Crippen LogP contribution in [0.25, 0.3) is 0 Å². The van der Waals surface area contributed by atoms with Crippen LogP contribution in [-0.4, -0.2) is 32.3 Å². The number of carbonyl (C=O) groups is 2. The van der Waals surface area contributed by atoms with Gasteiger partial charge < -0.3 is 15.5 Å². The smallest absolute Gasteiger partial charge is 0.414 e. The zero-order valence-electron chi connectivity index (χ0n) is 10.8. The average Bonchev–Trinajstić information content (AvgIpc) is 2.36. The van der Waals surface area contributed by atoms with Gasteiger partial charge in [0.25, 0.3) is 0 Å². The van der Waals surface area contributed by atoms with Gasteiger partial charge in [-0.15, -0.1) is 0 Å². The lowest BCUT2D eigenvalue weighted by Gasteiger charge is -2.35. The maximum absolute atomic E-state index is 11.5. The molecule has 0 fully saturated rings. The summed E-state index contributed by atoms with van der Waals surface area (Å²) in [5, 5.41) is 21.7. The van der Waals surface area contributed by atoms with E-state index in [1.165, 1.54) is 13.0 Å². The number of carboxylic acids is 1. The third-order valence-electron chi connectivity index (χ3n) is 3.05. The Bertz CT molecular complexity index is 674. The van der Waals surface area contributed by atoms with E-state index in [1.807, 2.05) is 0 Å². The van der Waals surface area contributed by atoms with Crippen molar-refractivity contribution >= 4 is 41.0 Å². The highest BCUT2D eigenvalue weighted by Gasteiger charge is 2.39. The Morgan fingerprint density at radius 1 is 1.38 bits per heavy atom. The molecule has 1 aliphatic rings. The summed E-state index contributed by atoms with van der Waals surface area (Å²) < 4.78 is 0. The van der Waals surface area contributed by atoms with E-state index in [2.05, 4.69) is 5.32 Å². The number of benzene rings is 1. The van der Waals surface area contributed by atoms with Crippen LogP contribution in [0.15, 0.2) is 35.5 Å². The predicted octanol–water partition coefficient (Wildman–Crippen LogP) is 2.61. The zero-order valence-corrected chi connectivity index (χ0v) is 12.4. The second-order valence-electron chi connectivity index (χ2n) is 4.38. The highest BCUT2D eigenvalue weighted by atomic mass is 35.5. The van der Waals surface area contributed by atoms with E-state index >= 15 is 0 Å². The van der Waals surface area contributed by atoms with Crippen LogP contribution in [0.2, 0.25) is 5.02 Å². The first-order valence-electron chi connectivity index (χ1n) is 5.85. The van der Waals surface area contributed by atoms with Crippen LogP contribution in [0.3, 0.4) is 0 Å². The van der Waals surface area contributed by atoms with Gasteiger partial charge in [0.1, 0.15) is 6.04 Å². The normalized spacial score (nSPS) is 18.5. The lowest BCUT2D eigenvalue weighted by molar-refractivity contribution is -0.133. The molecular weight excluding hydrogens is 316 g/mol. The van der Waals surface area contributed by atoms with Gasteiger partial charge in [-0.25, -0.2) is 14.5 Å². The Balaban J connectivity index is 2.67. The number of halogens is 1. The number of nitrogens with one attached hydrogen (secondary N) is 1. The lowest BCUT2D eigenvalue weighted by atomic mass is 9.94. The van der Waals surface area contributed by atoms with Crippen molar-refractivity contribution in [3.05, 3.63) is 46.1 Å². The monoisotopic (exact) mass is 326 g/mol. The van der Waals surface area contributed by atoms with Crippen molar-refractivity contribution in [2.24, 2.45) is 0 Å². The summed E-state index contributed by atoms with van der Waals surface area (Å²) in [6, 6.07) is 5.32. The fraction of sp³-hybridized carbons (Fsp3) is 0.154. The molecule has 6 nitrogen and oxygen atoms in total. The minimum Gasteiger partial charge on any atom is -0.478 e. The minimum absolute atomic E-state index is 0.0741. The number of amides is 1. The summed E-state index contributed by atoms with van der Waals surface area (Å²) >= 11 is 10.9. The molecule has 0 aliphatic carbocycles. The van der Waals surface area contributed by atoms with Crippen molar-refractivity contribution in [2.45, 2.75) is 13.0 Å². The fourth-order valence-electron chi connectivity index (χ4n) is 2.21. The van der Waals surface area contributed by atoms with Crippen LogP contribution in [-0.2, 0) is 4.79 Å². The molecule has 8 heteroatoms. The maximum Gasteiger partial charge on any atom is 0.414 e. The Hall–Kier alpha value is -2.12. The molecule has 1 amide bonds. The van der Waals surface area contributed by atoms with E-state index < -0.39 is 18.1 Å². The highest BCUT2D eigenvalue weighted by molar-refractivity contribution is 7.80. The SMILES string of the molecule is CC1=C(C(=O)O)C(c2cccc(Cl)c2)N(C(=O)O)C(=S)N1. The van der Waals surface area contributed by atoms with Crippen molar-refractivity contribution in [1.82, 2.24) is 10.2 Å². The molecule has 3 N–H and O–H groups in total. The van der Waals surface area contributed by atoms with Crippen molar-refractivity contribution < 1.29 is 19.8 Å². The summed E-state index contributed by atoms with van der Waals surface area (Å²) in [7, 11) is 0. The average molecular weight is 327 g/mol. The van der Waals surface area contributed by atoms with Crippen molar-refractivity contribution in [1.29, 1.82) is 0 Å². The summed E-state index contributed by atoms with van der Waals surface area (Å²) in [5.41, 5.74) is 0.647. The molecule has 0 bridgehead atoms. The first-order valence-corrected chi connectivity index (χ1v) is 6.64. The Morgan fingerprint density at radius 2 is 2.05 bits per heavy atom. The van der Waals surface area contributed by atoms with Crippen LogP contribution >= 0.6 is 23.8 Å². The summed E-state index contributed by atoms with van der Waals surface area (Å²) in [4.78, 5) is 23.8. The van der Waals surface area contributed by atoms with E-state index in [0.29, 0.717) is 16.3 Å². The summed E-state index contributed by atoms with van der Waals surface area (Å²) in [5.74, 6) is -1.22. The molecule has 1 heterocycles. The number of carboxylic acid groups (broad SMARTS) is 2. The molecule has 1 aromatic rings. The van der Waals surface area contributed by atoms with Crippen molar-refractivity contribution in [2.75, 3.05) is 0 Å². The first-order chi connectivity index (χ1) is 9.82. The number of rotatable bonds is 2. The summed E-state index contributed by atoms with van der Waals surface area (Å²) in [6.07, 6.45) is -1.34. The number of hydrogen-bond acceptors (Lipinski definition) is 3. The lowest BCUT2D eigenvalue weighted by Crippen LogP contribution is -2.50. The van der Waals surface area contributed by atoms with E-state index in [-0.39, 0.29) is 10.7 Å². The molecule has 2 rings (SSSR count). The zero-order chi connectivity index (χ0) is 15.7. The van der Waals surface area contributed by atoms with Crippen LogP contribution in [0, 0.1) is 0 Å². The van der Waals surface area contributed by atoms with E-state index in [4.69, 9.17) is 23.8 Å². The largest absolute Gasteiger partial charge is 0.478 e. The standard InChI is InChI=1S/C13H11ClN2O4S/c1-6-9(11(17)18)10(7-3-2-4-8(14)5-7)16(13(19)20)12(21)15-6/h2-5,10H,1H3,(H,15,21)(H,17,18)(H,19,20). The molecule has 110 valence electrons. The van der Waals surface area contributed by atoms with E-state index in [9.17, 15) is 19.8 Å². The third-order valence-corrected chi connectivity index (χ3v) is 3.58. The Kier molecular flexibility index (Phi) is 4.15. The highest BCUT2D eigenvalue weighted by Crippen LogP contribution is 2.34. The van der Waals surface area contributed by atoms with Crippen LogP contribution in [0.4, 0.5) is 4.79 Å². The Labute approximate surface area is 130 Å². The van der Waals surface area contributed by atoms with E-state index in [1.54, 1.807) is 18.2 Å². The van der Waals surface area contributed by atoms with Crippen LogP contribution in [0.1, 0.15) is 18.5 Å². The minimum atomic E-state index is -1.34. The van der Waals surface area contributed by atoms with Gasteiger partial charge >= 0.3 is 12.1 Å². The molecule has 0 aromatic heterocycles. The molecular formula is C13H11ClN2O4S. The van der Waals surface area contributed by atoms with Crippen LogP contribution in [0.5, 0.6) is 0 Å². The molecule has 1 atom stereocenters. The van der Waals surface area contributed by atoms with Crippen molar-refractivity contribution in [3.63, 3.8) is 0 Å². The van der Waals surface area contributed by atoms with Gasteiger partial charge in [0.05, 0.1) is 5.57 Å². The van der Waals surface area contributed by atoms with Gasteiger partial charge in [0.2, 0.25) is 0 Å². The molecule has 1 aliphatic heterocycles. The maximum atomic E-state index is 11.5. The molecule has 21 heavy (non-hydrogen) atoms. The quantitative estimate of drug-likeness (QED) is 0.724. The number of thiocarbonyl (C=S) groups is 1. The summed E-state index contributed by atoms with van der Waals surface area (Å²) in [6.45, 7) is 1.53. The number of hydrogen-bond donors (Lipinski definition) is 3. The van der Waals surface area contributed by atoms with Gasteiger partial charge in [0, 0.05) is 10.7 Å². The van der Waals surface area contributed by atoms with Crippen molar-refractivity contribution in [3.8, 4) is 0 Å². The third kappa shape index (κ3) is 2.84. The van der Waals surface area contributed by atoms with Gasteiger partial charge in [-0.2, -0.15) is 0 Å². The number of allylic oxidation sites excluding steroid dienone is 1. The first kappa shape index (κ1) is 15.3. The molecule has 0 spiro atoms. The van der Waals surface area contributed by atoms with Crippen LogP contribution < -0.4 is 5.32 Å². The molecule has 1 unspecified atom stereocenters. The van der Waals surface area contributed by atoms with Gasteiger partial charge in [-0.3, -0.25) is 0 Å². The second-order valence-corrected chi connectivity index (χ2v) is 5.21. The van der Waals surface area contributed by atoms with E-state index in [0.717, 1.165) is 4.90 Å². The molecule has 0 saturated heterocycles. The Morgan fingerprint density at radius 3 is 2.57 bits per heavy atom.